The summed E-state index contributed by atoms with van der Waals surface area (Å²) in [4.78, 5) is 11.6. The monoisotopic (exact) mass is 390 g/mol. The number of pyridine rings is 1. The smallest absolute Gasteiger partial charge is 0.131 e. The van der Waals surface area contributed by atoms with Crippen LogP contribution in [0, 0.1) is 0 Å². The quantitative estimate of drug-likeness (QED) is 0.602. The second kappa shape index (κ2) is 8.74. The van der Waals surface area contributed by atoms with Crippen LogP contribution in [-0.4, -0.2) is 31.0 Å². The van der Waals surface area contributed by atoms with Crippen molar-refractivity contribution in [1.82, 2.24) is 10.3 Å². The minimum absolute atomic E-state index is 0.563. The summed E-state index contributed by atoms with van der Waals surface area (Å²) in [7, 11) is 2.12. The first-order valence-electron chi connectivity index (χ1n) is 8.91. The van der Waals surface area contributed by atoms with Crippen LogP contribution in [0.2, 0.25) is 10.0 Å². The molecule has 1 N–H and O–H groups in total. The molecule has 138 valence electrons. The van der Waals surface area contributed by atoms with Gasteiger partial charge in [0.2, 0.25) is 0 Å². The van der Waals surface area contributed by atoms with Gasteiger partial charge in [-0.3, -0.25) is 4.99 Å². The Morgan fingerprint density at radius 1 is 1.23 bits per heavy atom. The van der Waals surface area contributed by atoms with Crippen LogP contribution in [0.15, 0.2) is 35.3 Å². The maximum absolute atomic E-state index is 6.03. The molecule has 0 saturated carbocycles. The second-order valence-corrected chi connectivity index (χ2v) is 7.45. The summed E-state index contributed by atoms with van der Waals surface area (Å²) in [5, 5.41) is 4.49. The topological polar surface area (TPSA) is 40.5 Å². The fourth-order valence-electron chi connectivity index (χ4n) is 3.07. The standard InChI is InChI=1S/C20H24Cl2N4/c1-14(24-13-15-5-8-18(21)19(22)12-15)23-10-9-17-7-6-16-4-3-11-26(2)20(16)25-17/h5-8,12H,3-4,9-11,13H2,1-2H3,(H,23,24). The predicted octanol–water partition coefficient (Wildman–Crippen LogP) is 4.52. The number of hydrogen-bond donors (Lipinski definition) is 1. The number of benzene rings is 1. The first-order chi connectivity index (χ1) is 12.5. The Balaban J connectivity index is 1.51. The zero-order chi connectivity index (χ0) is 18.5. The first-order valence-corrected chi connectivity index (χ1v) is 9.67. The van der Waals surface area contributed by atoms with Crippen LogP contribution >= 0.6 is 23.2 Å². The number of hydrogen-bond acceptors (Lipinski definition) is 3. The summed E-state index contributed by atoms with van der Waals surface area (Å²) in [5.41, 5.74) is 3.51. The van der Waals surface area contributed by atoms with Gasteiger partial charge >= 0.3 is 0 Å². The van der Waals surface area contributed by atoms with Crippen molar-refractivity contribution in [3.63, 3.8) is 0 Å². The van der Waals surface area contributed by atoms with E-state index in [0.717, 1.165) is 48.8 Å². The maximum atomic E-state index is 6.03. The number of nitrogens with one attached hydrogen (secondary N) is 1. The molecule has 0 amide bonds. The van der Waals surface area contributed by atoms with Gasteiger partial charge in [-0.2, -0.15) is 0 Å². The lowest BCUT2D eigenvalue weighted by atomic mass is 10.1. The van der Waals surface area contributed by atoms with Crippen molar-refractivity contribution in [2.75, 3.05) is 25.0 Å². The number of aliphatic imine (C=N–C) groups is 1. The van der Waals surface area contributed by atoms with Crippen molar-refractivity contribution in [2.45, 2.75) is 32.7 Å². The van der Waals surface area contributed by atoms with Crippen molar-refractivity contribution in [3.05, 3.63) is 57.2 Å². The van der Waals surface area contributed by atoms with Crippen LogP contribution in [0.1, 0.15) is 30.2 Å². The Kier molecular flexibility index (Phi) is 6.38. The fourth-order valence-corrected chi connectivity index (χ4v) is 3.39. The van der Waals surface area contributed by atoms with Crippen molar-refractivity contribution < 1.29 is 0 Å². The third-order valence-corrected chi connectivity index (χ3v) is 5.30. The fraction of sp³-hybridized carbons (Fsp3) is 0.400. The summed E-state index contributed by atoms with van der Waals surface area (Å²) < 4.78 is 0. The van der Waals surface area contributed by atoms with Gasteiger partial charge in [-0.25, -0.2) is 4.98 Å². The molecule has 3 rings (SSSR count). The number of nitrogens with zero attached hydrogens (tertiary/aromatic N) is 3. The minimum Gasteiger partial charge on any atom is -0.374 e. The Hall–Kier alpha value is -1.78. The molecule has 0 spiro atoms. The second-order valence-electron chi connectivity index (χ2n) is 6.64. The van der Waals surface area contributed by atoms with E-state index in [9.17, 15) is 0 Å². The number of anilines is 1. The van der Waals surface area contributed by atoms with Crippen LogP contribution in [0.3, 0.4) is 0 Å². The third-order valence-electron chi connectivity index (χ3n) is 4.56. The first kappa shape index (κ1) is 19.0. The molecule has 0 fully saturated rings. The van der Waals surface area contributed by atoms with Crippen molar-refractivity contribution in [3.8, 4) is 0 Å². The SMILES string of the molecule is CC(=NCc1ccc(Cl)c(Cl)c1)NCCc1ccc2c(n1)N(C)CCC2. The molecule has 0 radical (unpaired) electrons. The van der Waals surface area contributed by atoms with Crippen molar-refractivity contribution >= 4 is 34.9 Å². The molecule has 1 aliphatic heterocycles. The molecular weight excluding hydrogens is 367 g/mol. The number of rotatable bonds is 5. The van der Waals surface area contributed by atoms with E-state index in [2.05, 4.69) is 34.4 Å². The highest BCUT2D eigenvalue weighted by molar-refractivity contribution is 6.42. The molecule has 1 aromatic heterocycles. The van der Waals surface area contributed by atoms with Crippen LogP contribution in [0.25, 0.3) is 0 Å². The summed E-state index contributed by atoms with van der Waals surface area (Å²) >= 11 is 12.0. The molecule has 0 atom stereocenters. The number of aromatic nitrogens is 1. The molecular formula is C20H24Cl2N4. The zero-order valence-corrected chi connectivity index (χ0v) is 16.7. The van der Waals surface area contributed by atoms with Gasteiger partial charge in [-0.15, -0.1) is 0 Å². The molecule has 26 heavy (non-hydrogen) atoms. The maximum Gasteiger partial charge on any atom is 0.131 e. The van der Waals surface area contributed by atoms with Gasteiger partial charge in [0, 0.05) is 32.3 Å². The Morgan fingerprint density at radius 3 is 2.88 bits per heavy atom. The van der Waals surface area contributed by atoms with Gasteiger partial charge < -0.3 is 10.2 Å². The molecule has 1 aliphatic rings. The van der Waals surface area contributed by atoms with Gasteiger partial charge in [0.25, 0.3) is 0 Å². The summed E-state index contributed by atoms with van der Waals surface area (Å²) in [6, 6.07) is 9.96. The summed E-state index contributed by atoms with van der Waals surface area (Å²) in [5.74, 6) is 2.05. The van der Waals surface area contributed by atoms with Crippen LogP contribution < -0.4 is 10.2 Å². The van der Waals surface area contributed by atoms with E-state index in [0.29, 0.717) is 16.6 Å². The van der Waals surface area contributed by atoms with E-state index in [1.165, 1.54) is 12.0 Å². The van der Waals surface area contributed by atoms with Gasteiger partial charge in [-0.1, -0.05) is 35.3 Å². The highest BCUT2D eigenvalue weighted by Crippen LogP contribution is 2.24. The lowest BCUT2D eigenvalue weighted by Crippen LogP contribution is -2.27. The van der Waals surface area contributed by atoms with E-state index < -0.39 is 0 Å². The predicted molar refractivity (Wildman–Crippen MR) is 111 cm³/mol. The van der Waals surface area contributed by atoms with Crippen LogP contribution in [0.5, 0.6) is 0 Å². The minimum atomic E-state index is 0.563. The summed E-state index contributed by atoms with van der Waals surface area (Å²) in [6.45, 7) is 4.46. The van der Waals surface area contributed by atoms with Gasteiger partial charge in [0.15, 0.2) is 0 Å². The lowest BCUT2D eigenvalue weighted by molar-refractivity contribution is 0.722. The highest BCUT2D eigenvalue weighted by Gasteiger charge is 2.15. The highest BCUT2D eigenvalue weighted by atomic mass is 35.5. The molecule has 2 aromatic rings. The average molecular weight is 391 g/mol. The van der Waals surface area contributed by atoms with Crippen LogP contribution in [-0.2, 0) is 19.4 Å². The normalized spacial score (nSPS) is 14.3. The molecule has 2 heterocycles. The molecule has 1 aromatic carbocycles. The number of fused-ring (bicyclic) bond motifs is 1. The Labute approximate surface area is 165 Å². The Morgan fingerprint density at radius 2 is 2.08 bits per heavy atom. The van der Waals surface area contributed by atoms with Crippen molar-refractivity contribution in [2.24, 2.45) is 4.99 Å². The lowest BCUT2D eigenvalue weighted by Gasteiger charge is -2.26. The number of halogens is 2. The number of aryl methyl sites for hydroxylation is 1. The molecule has 0 saturated heterocycles. The summed E-state index contributed by atoms with van der Waals surface area (Å²) in [6.07, 6.45) is 3.22. The average Bonchev–Trinajstić information content (AvgIpc) is 2.63. The van der Waals surface area contributed by atoms with Gasteiger partial charge in [0.1, 0.15) is 5.82 Å². The zero-order valence-electron chi connectivity index (χ0n) is 15.2. The van der Waals surface area contributed by atoms with Gasteiger partial charge in [0.05, 0.1) is 22.4 Å². The third kappa shape index (κ3) is 4.89. The Bertz CT molecular complexity index is 804. The molecule has 0 aliphatic carbocycles. The van der Waals surface area contributed by atoms with E-state index >= 15 is 0 Å². The van der Waals surface area contributed by atoms with E-state index in [4.69, 9.17) is 28.2 Å². The molecule has 6 heteroatoms. The van der Waals surface area contributed by atoms with E-state index in [1.807, 2.05) is 19.1 Å². The van der Waals surface area contributed by atoms with Crippen LogP contribution in [0.4, 0.5) is 5.82 Å². The van der Waals surface area contributed by atoms with E-state index in [-0.39, 0.29) is 0 Å². The van der Waals surface area contributed by atoms with E-state index in [1.54, 1.807) is 6.07 Å². The largest absolute Gasteiger partial charge is 0.374 e. The molecule has 4 nitrogen and oxygen atoms in total. The number of amidine groups is 1. The van der Waals surface area contributed by atoms with Crippen molar-refractivity contribution in [1.29, 1.82) is 0 Å². The molecule has 0 bridgehead atoms. The van der Waals surface area contributed by atoms with Gasteiger partial charge in [-0.05, 0) is 49.1 Å². The molecule has 0 unspecified atom stereocenters.